The summed E-state index contributed by atoms with van der Waals surface area (Å²) in [5.74, 6) is -1.17. The van der Waals surface area contributed by atoms with Crippen molar-refractivity contribution in [2.45, 2.75) is 37.0 Å². The van der Waals surface area contributed by atoms with Crippen LogP contribution in [-0.2, 0) is 14.8 Å². The molecule has 0 spiro atoms. The summed E-state index contributed by atoms with van der Waals surface area (Å²) in [7, 11) is -3.65. The Kier molecular flexibility index (Phi) is 6.90. The number of aliphatic carboxylic acids is 1. The quantitative estimate of drug-likeness (QED) is 0.656. The van der Waals surface area contributed by atoms with E-state index in [0.717, 1.165) is 30.5 Å². The van der Waals surface area contributed by atoms with Crippen LogP contribution in [0.2, 0.25) is 0 Å². The van der Waals surface area contributed by atoms with Gasteiger partial charge in [-0.3, -0.25) is 4.79 Å². The lowest BCUT2D eigenvalue weighted by Crippen LogP contribution is -2.29. The Morgan fingerprint density at radius 2 is 2.00 bits per heavy atom. The van der Waals surface area contributed by atoms with Gasteiger partial charge in [0.2, 0.25) is 10.0 Å². The molecular weight excluding hydrogens is 345 g/mol. The number of carbonyl (C=O) groups is 1. The smallest absolute Gasteiger partial charge is 0.303 e. The molecule has 2 N–H and O–H groups in total. The van der Waals surface area contributed by atoms with E-state index >= 15 is 0 Å². The number of halogens is 1. The van der Waals surface area contributed by atoms with E-state index in [-0.39, 0.29) is 17.2 Å². The molecule has 5 nitrogen and oxygen atoms in total. The zero-order chi connectivity index (χ0) is 18.3. The fourth-order valence-corrected chi connectivity index (χ4v) is 3.84. The molecule has 25 heavy (non-hydrogen) atoms. The molecule has 0 bridgehead atoms. The summed E-state index contributed by atoms with van der Waals surface area (Å²) in [5.41, 5.74) is 1.16. The number of nitrogens with one attached hydrogen (secondary N) is 1. The number of hydrogen-bond acceptors (Lipinski definition) is 3. The monoisotopic (exact) mass is 367 g/mol. The van der Waals surface area contributed by atoms with Gasteiger partial charge in [-0.25, -0.2) is 17.5 Å². The Morgan fingerprint density at radius 1 is 1.28 bits per heavy atom. The largest absolute Gasteiger partial charge is 0.481 e. The molecule has 1 atom stereocenters. The highest BCUT2D eigenvalue weighted by molar-refractivity contribution is 7.89. The molecule has 0 unspecified atom stereocenters. The topological polar surface area (TPSA) is 83.5 Å². The summed E-state index contributed by atoms with van der Waals surface area (Å²) in [6.45, 7) is 0.300. The standard InChI is InChI=1S/C18H22FNO4S/c19-16-9-11-17(12-10-16)25(23,24)20-13-15-7-4-6-14(15)5-2-1-3-8-18(21)22/h1-2,6,9-12,15,20H,3-5,7-8,13H2,(H,21,22)/b2-1-/t15-/m1/s1. The highest BCUT2D eigenvalue weighted by Gasteiger charge is 2.21. The minimum Gasteiger partial charge on any atom is -0.481 e. The van der Waals surface area contributed by atoms with Crippen LogP contribution in [0.1, 0.15) is 32.1 Å². The molecule has 1 aliphatic rings. The Morgan fingerprint density at radius 3 is 2.68 bits per heavy atom. The number of rotatable bonds is 9. The maximum atomic E-state index is 12.9. The summed E-state index contributed by atoms with van der Waals surface area (Å²) >= 11 is 0. The molecule has 7 heteroatoms. The van der Waals surface area contributed by atoms with Gasteiger partial charge in [-0.05, 0) is 55.9 Å². The fraction of sp³-hybridized carbons (Fsp3) is 0.389. The molecule has 0 radical (unpaired) electrons. The minimum absolute atomic E-state index is 0.0472. The van der Waals surface area contributed by atoms with Crippen molar-refractivity contribution in [2.75, 3.05) is 6.54 Å². The average Bonchev–Trinajstić information content (AvgIpc) is 3.00. The molecule has 1 aromatic rings. The molecule has 0 amide bonds. The van der Waals surface area contributed by atoms with Crippen molar-refractivity contribution < 1.29 is 22.7 Å². The molecule has 0 saturated carbocycles. The Hall–Kier alpha value is -1.99. The van der Waals surface area contributed by atoms with Crippen LogP contribution in [0.5, 0.6) is 0 Å². The second kappa shape index (κ2) is 8.92. The van der Waals surface area contributed by atoms with Gasteiger partial charge in [-0.15, -0.1) is 0 Å². The molecule has 0 aromatic heterocycles. The van der Waals surface area contributed by atoms with Gasteiger partial charge in [0, 0.05) is 13.0 Å². The van der Waals surface area contributed by atoms with Crippen molar-refractivity contribution in [3.63, 3.8) is 0 Å². The molecule has 0 heterocycles. The van der Waals surface area contributed by atoms with E-state index in [9.17, 15) is 17.6 Å². The van der Waals surface area contributed by atoms with Crippen LogP contribution in [0.25, 0.3) is 0 Å². The van der Waals surface area contributed by atoms with Crippen molar-refractivity contribution in [3.8, 4) is 0 Å². The van der Waals surface area contributed by atoms with Gasteiger partial charge in [-0.1, -0.05) is 23.8 Å². The predicted molar refractivity (Wildman–Crippen MR) is 93.0 cm³/mol. The van der Waals surface area contributed by atoms with Crippen LogP contribution in [-0.4, -0.2) is 26.0 Å². The molecule has 2 rings (SSSR count). The third-order valence-electron chi connectivity index (χ3n) is 4.13. The highest BCUT2D eigenvalue weighted by atomic mass is 32.2. The molecule has 1 aliphatic carbocycles. The normalized spacial score (nSPS) is 17.8. The van der Waals surface area contributed by atoms with Crippen molar-refractivity contribution in [1.29, 1.82) is 0 Å². The summed E-state index contributed by atoms with van der Waals surface area (Å²) in [4.78, 5) is 10.5. The van der Waals surface area contributed by atoms with Crippen molar-refractivity contribution >= 4 is 16.0 Å². The van der Waals surface area contributed by atoms with Crippen LogP contribution < -0.4 is 4.72 Å². The average molecular weight is 367 g/mol. The SMILES string of the molecule is O=C(O)CC/C=C\CC1=CCC[C@@H]1CNS(=O)(=O)c1ccc(F)cc1. The second-order valence-electron chi connectivity index (χ2n) is 5.97. The molecule has 0 saturated heterocycles. The van der Waals surface area contributed by atoms with Crippen LogP contribution in [0.4, 0.5) is 4.39 Å². The van der Waals surface area contributed by atoms with Crippen molar-refractivity contribution in [2.24, 2.45) is 5.92 Å². The summed E-state index contributed by atoms with van der Waals surface area (Å²) in [6.07, 6.45) is 8.96. The first kappa shape index (κ1) is 19.3. The number of sulfonamides is 1. The van der Waals surface area contributed by atoms with Crippen molar-refractivity contribution in [3.05, 3.63) is 53.9 Å². The number of carboxylic acids is 1. The summed E-state index contributed by atoms with van der Waals surface area (Å²) in [5, 5.41) is 8.59. The van der Waals surface area contributed by atoms with E-state index in [1.54, 1.807) is 0 Å². The number of hydrogen-bond donors (Lipinski definition) is 2. The zero-order valence-corrected chi connectivity index (χ0v) is 14.6. The van der Waals surface area contributed by atoms with Crippen LogP contribution in [0.3, 0.4) is 0 Å². The first-order valence-corrected chi connectivity index (χ1v) is 9.68. The Balaban J connectivity index is 1.86. The van der Waals surface area contributed by atoms with Gasteiger partial charge in [0.1, 0.15) is 5.82 Å². The lowest BCUT2D eigenvalue weighted by atomic mass is 9.99. The van der Waals surface area contributed by atoms with Crippen LogP contribution >= 0.6 is 0 Å². The zero-order valence-electron chi connectivity index (χ0n) is 13.8. The molecular formula is C18H22FNO4S. The van der Waals surface area contributed by atoms with Gasteiger partial charge in [-0.2, -0.15) is 0 Å². The summed E-state index contributed by atoms with van der Waals surface area (Å²) < 4.78 is 40.0. The Labute approximate surface area is 147 Å². The van der Waals surface area contributed by atoms with Gasteiger partial charge in [0.25, 0.3) is 0 Å². The van der Waals surface area contributed by atoms with E-state index in [1.807, 2.05) is 12.2 Å². The maximum Gasteiger partial charge on any atom is 0.303 e. The van der Waals surface area contributed by atoms with Crippen molar-refractivity contribution in [1.82, 2.24) is 4.72 Å². The third kappa shape index (κ3) is 6.10. The van der Waals surface area contributed by atoms with E-state index < -0.39 is 21.8 Å². The van der Waals surface area contributed by atoms with Crippen LogP contribution in [0.15, 0.2) is 53.0 Å². The van der Waals surface area contributed by atoms with Gasteiger partial charge in [0.15, 0.2) is 0 Å². The predicted octanol–water partition coefficient (Wildman–Crippen LogP) is 3.25. The first-order chi connectivity index (χ1) is 11.9. The van der Waals surface area contributed by atoms with E-state index in [4.69, 9.17) is 5.11 Å². The Bertz CT molecular complexity index is 754. The van der Waals surface area contributed by atoms with E-state index in [1.165, 1.54) is 12.1 Å². The number of benzene rings is 1. The molecule has 0 aliphatic heterocycles. The third-order valence-corrected chi connectivity index (χ3v) is 5.57. The lowest BCUT2D eigenvalue weighted by Gasteiger charge is -2.15. The minimum atomic E-state index is -3.65. The van der Waals surface area contributed by atoms with Gasteiger partial charge < -0.3 is 5.11 Å². The maximum absolute atomic E-state index is 12.9. The first-order valence-electron chi connectivity index (χ1n) is 8.19. The van der Waals surface area contributed by atoms with Gasteiger partial charge in [0.05, 0.1) is 4.90 Å². The highest BCUT2D eigenvalue weighted by Crippen LogP contribution is 2.28. The van der Waals surface area contributed by atoms with Gasteiger partial charge >= 0.3 is 5.97 Å². The van der Waals surface area contributed by atoms with E-state index in [2.05, 4.69) is 10.8 Å². The number of carboxylic acid groups (broad SMARTS) is 1. The molecule has 136 valence electrons. The molecule has 1 aromatic carbocycles. The second-order valence-corrected chi connectivity index (χ2v) is 7.73. The van der Waals surface area contributed by atoms with Crippen LogP contribution in [0, 0.1) is 11.7 Å². The lowest BCUT2D eigenvalue weighted by molar-refractivity contribution is -0.136. The van der Waals surface area contributed by atoms with E-state index in [0.29, 0.717) is 19.4 Å². The summed E-state index contributed by atoms with van der Waals surface area (Å²) in [6, 6.07) is 4.73. The number of allylic oxidation sites excluding steroid dienone is 3. The molecule has 0 fully saturated rings. The fourth-order valence-electron chi connectivity index (χ4n) is 2.76.